The minimum atomic E-state index is -0.713. The van der Waals surface area contributed by atoms with Crippen molar-refractivity contribution < 1.29 is 14.3 Å². The van der Waals surface area contributed by atoms with Gasteiger partial charge in [-0.15, -0.1) is 0 Å². The Hall–Kier alpha value is -1.18. The van der Waals surface area contributed by atoms with Gasteiger partial charge in [-0.1, -0.05) is 0 Å². The number of hydrogen-bond donors (Lipinski definition) is 0. The fourth-order valence-electron chi connectivity index (χ4n) is 2.61. The van der Waals surface area contributed by atoms with Gasteiger partial charge < -0.3 is 9.47 Å². The second-order valence-electron chi connectivity index (χ2n) is 5.00. The van der Waals surface area contributed by atoms with Gasteiger partial charge in [0.15, 0.2) is 5.78 Å². The van der Waals surface area contributed by atoms with E-state index < -0.39 is 11.0 Å². The fourth-order valence-corrected chi connectivity index (χ4v) is 2.61. The highest BCUT2D eigenvalue weighted by Crippen LogP contribution is 2.43. The summed E-state index contributed by atoms with van der Waals surface area (Å²) < 4.78 is 11.3. The van der Waals surface area contributed by atoms with Crippen molar-refractivity contribution >= 4 is 5.78 Å². The van der Waals surface area contributed by atoms with Crippen molar-refractivity contribution in [2.45, 2.75) is 32.5 Å². The van der Waals surface area contributed by atoms with E-state index in [4.69, 9.17) is 14.7 Å². The van der Waals surface area contributed by atoms with Crippen molar-refractivity contribution in [1.29, 1.82) is 5.26 Å². The van der Waals surface area contributed by atoms with E-state index in [1.807, 2.05) is 13.0 Å². The number of nitrogens with zero attached hydrogens (tertiary/aromatic N) is 1. The molecule has 86 valence electrons. The first kappa shape index (κ1) is 11.3. The van der Waals surface area contributed by atoms with E-state index in [1.54, 1.807) is 19.9 Å². The normalized spacial score (nSPS) is 37.2. The van der Waals surface area contributed by atoms with Crippen LogP contribution in [-0.4, -0.2) is 30.7 Å². The highest BCUT2D eigenvalue weighted by molar-refractivity contribution is 6.04. The van der Waals surface area contributed by atoms with E-state index >= 15 is 0 Å². The predicted molar refractivity (Wildman–Crippen MR) is 56.6 cm³/mol. The highest BCUT2D eigenvalue weighted by atomic mass is 16.6. The summed E-state index contributed by atoms with van der Waals surface area (Å²) in [4.78, 5) is 12.0. The summed E-state index contributed by atoms with van der Waals surface area (Å²) >= 11 is 0. The zero-order valence-corrected chi connectivity index (χ0v) is 9.74. The van der Waals surface area contributed by atoms with Crippen molar-refractivity contribution in [2.75, 3.05) is 13.2 Å². The Bertz CT molecular complexity index is 405. The molecule has 0 aromatic carbocycles. The predicted octanol–water partition coefficient (Wildman–Crippen LogP) is 1.22. The third-order valence-electron chi connectivity index (χ3n) is 3.34. The molecule has 4 nitrogen and oxygen atoms in total. The van der Waals surface area contributed by atoms with Gasteiger partial charge in [-0.3, -0.25) is 4.79 Å². The molecular formula is C12H15NO3. The summed E-state index contributed by atoms with van der Waals surface area (Å²) in [6.45, 7) is 6.45. The molecule has 0 N–H and O–H groups in total. The molecule has 0 spiro atoms. The summed E-state index contributed by atoms with van der Waals surface area (Å²) in [5.41, 5.74) is -1.20. The second-order valence-corrected chi connectivity index (χ2v) is 5.00. The van der Waals surface area contributed by atoms with Crippen molar-refractivity contribution in [1.82, 2.24) is 0 Å². The first-order valence-electron chi connectivity index (χ1n) is 5.35. The van der Waals surface area contributed by atoms with Crippen molar-refractivity contribution in [3.8, 4) is 6.07 Å². The quantitative estimate of drug-likeness (QED) is 0.617. The molecule has 1 aliphatic heterocycles. The number of ether oxygens (including phenoxy) is 2. The molecule has 0 aromatic heterocycles. The number of carbonyl (C=O) groups excluding carboxylic acids is 1. The first-order chi connectivity index (χ1) is 7.42. The number of allylic oxidation sites excluding steroid dienone is 1. The summed E-state index contributed by atoms with van der Waals surface area (Å²) in [5.74, 6) is -0.164. The monoisotopic (exact) mass is 221 g/mol. The maximum atomic E-state index is 12.0. The molecule has 1 fully saturated rings. The Balaban J connectivity index is 2.53. The van der Waals surface area contributed by atoms with Gasteiger partial charge in [0.05, 0.1) is 24.2 Å². The lowest BCUT2D eigenvalue weighted by molar-refractivity contribution is -0.210. The molecule has 0 bridgehead atoms. The molecule has 2 aliphatic rings. The average molecular weight is 221 g/mol. The van der Waals surface area contributed by atoms with Crippen molar-refractivity contribution in [3.63, 3.8) is 0 Å². The third kappa shape index (κ3) is 1.40. The number of Topliss-reactive ketones (excluding diaryl/α,β-unsaturated/α-hetero) is 1. The maximum Gasteiger partial charge on any atom is 0.181 e. The number of hydrogen-bond acceptors (Lipinski definition) is 4. The van der Waals surface area contributed by atoms with Gasteiger partial charge in [0, 0.05) is 0 Å². The number of ketones is 1. The van der Waals surface area contributed by atoms with Crippen LogP contribution in [0.5, 0.6) is 0 Å². The molecule has 4 heteroatoms. The summed E-state index contributed by atoms with van der Waals surface area (Å²) in [6, 6.07) is 1.94. The molecule has 0 radical (unpaired) electrons. The molecule has 0 saturated carbocycles. The van der Waals surface area contributed by atoms with Gasteiger partial charge in [-0.2, -0.15) is 5.26 Å². The Kier molecular flexibility index (Phi) is 2.41. The van der Waals surface area contributed by atoms with Gasteiger partial charge in [0.25, 0.3) is 0 Å². The maximum absolute atomic E-state index is 12.0. The lowest BCUT2D eigenvalue weighted by atomic mass is 9.67. The van der Waals surface area contributed by atoms with Crippen LogP contribution in [0, 0.1) is 16.7 Å². The Labute approximate surface area is 94.8 Å². The van der Waals surface area contributed by atoms with Gasteiger partial charge in [-0.25, -0.2) is 0 Å². The fraction of sp³-hybridized carbons (Fsp3) is 0.667. The summed E-state index contributed by atoms with van der Waals surface area (Å²) in [5, 5.41) is 8.96. The van der Waals surface area contributed by atoms with Crippen LogP contribution in [0.15, 0.2) is 11.6 Å². The van der Waals surface area contributed by atoms with Crippen LogP contribution >= 0.6 is 0 Å². The Morgan fingerprint density at radius 1 is 1.44 bits per heavy atom. The topological polar surface area (TPSA) is 59.3 Å². The SMILES string of the molecule is CC1(C)C(=O)C(C#N)=C[C@]2(C)OCCO[C@@H]12. The molecule has 2 atom stereocenters. The van der Waals surface area contributed by atoms with Crippen LogP contribution in [0.25, 0.3) is 0 Å². The molecule has 1 heterocycles. The standard InChI is InChI=1S/C12H15NO3/c1-11(2)9(14)8(7-13)6-12(3)10(11)15-4-5-16-12/h6,10H,4-5H2,1-3H3/t10-,12-/m0/s1. The lowest BCUT2D eigenvalue weighted by Gasteiger charge is -2.48. The number of carbonyl (C=O) groups is 1. The van der Waals surface area contributed by atoms with Crippen LogP contribution in [0.2, 0.25) is 0 Å². The van der Waals surface area contributed by atoms with Gasteiger partial charge in [0.2, 0.25) is 0 Å². The first-order valence-corrected chi connectivity index (χ1v) is 5.35. The van der Waals surface area contributed by atoms with E-state index in [-0.39, 0.29) is 17.5 Å². The van der Waals surface area contributed by atoms with E-state index in [0.29, 0.717) is 13.2 Å². The third-order valence-corrected chi connectivity index (χ3v) is 3.34. The van der Waals surface area contributed by atoms with E-state index in [2.05, 4.69) is 0 Å². The molecule has 0 aromatic rings. The molecular weight excluding hydrogens is 206 g/mol. The zero-order chi connectivity index (χ0) is 12.0. The van der Waals surface area contributed by atoms with E-state index in [0.717, 1.165) is 0 Å². The summed E-state index contributed by atoms with van der Waals surface area (Å²) in [7, 11) is 0. The zero-order valence-electron chi connectivity index (χ0n) is 9.74. The van der Waals surface area contributed by atoms with Gasteiger partial charge in [-0.05, 0) is 26.8 Å². The molecule has 0 amide bonds. The molecule has 1 aliphatic carbocycles. The molecule has 16 heavy (non-hydrogen) atoms. The largest absolute Gasteiger partial charge is 0.371 e. The van der Waals surface area contributed by atoms with Crippen molar-refractivity contribution in [2.24, 2.45) is 5.41 Å². The molecule has 0 unspecified atom stereocenters. The molecule has 1 saturated heterocycles. The van der Waals surface area contributed by atoms with E-state index in [1.165, 1.54) is 0 Å². The van der Waals surface area contributed by atoms with Crippen LogP contribution < -0.4 is 0 Å². The summed E-state index contributed by atoms with van der Waals surface area (Å²) in [6.07, 6.45) is 1.28. The van der Waals surface area contributed by atoms with Crippen LogP contribution in [0.3, 0.4) is 0 Å². The lowest BCUT2D eigenvalue weighted by Crippen LogP contribution is -2.59. The molecule has 2 rings (SSSR count). The second kappa shape index (κ2) is 3.41. The highest BCUT2D eigenvalue weighted by Gasteiger charge is 2.54. The van der Waals surface area contributed by atoms with Gasteiger partial charge in [0.1, 0.15) is 17.8 Å². The van der Waals surface area contributed by atoms with Crippen LogP contribution in [0.1, 0.15) is 20.8 Å². The van der Waals surface area contributed by atoms with E-state index in [9.17, 15) is 4.79 Å². The number of fused-ring (bicyclic) bond motifs is 1. The smallest absolute Gasteiger partial charge is 0.181 e. The van der Waals surface area contributed by atoms with Gasteiger partial charge >= 0.3 is 0 Å². The average Bonchev–Trinajstić information content (AvgIpc) is 2.24. The minimum Gasteiger partial charge on any atom is -0.371 e. The Morgan fingerprint density at radius 2 is 2.12 bits per heavy atom. The number of rotatable bonds is 0. The van der Waals surface area contributed by atoms with Crippen LogP contribution in [-0.2, 0) is 14.3 Å². The Morgan fingerprint density at radius 3 is 2.75 bits per heavy atom. The number of nitriles is 1. The van der Waals surface area contributed by atoms with Crippen molar-refractivity contribution in [3.05, 3.63) is 11.6 Å². The minimum absolute atomic E-state index is 0.164. The van der Waals surface area contributed by atoms with Crippen LogP contribution in [0.4, 0.5) is 0 Å².